The van der Waals surface area contributed by atoms with E-state index in [9.17, 15) is 4.39 Å². The van der Waals surface area contributed by atoms with Crippen molar-refractivity contribution in [3.63, 3.8) is 0 Å². The first-order chi connectivity index (χ1) is 9.33. The summed E-state index contributed by atoms with van der Waals surface area (Å²) in [6.07, 6.45) is 2.18. The van der Waals surface area contributed by atoms with E-state index in [0.717, 1.165) is 24.5 Å². The number of nitrogens with one attached hydrogen (secondary N) is 1. The summed E-state index contributed by atoms with van der Waals surface area (Å²) in [5, 5.41) is 12.6. The molecule has 0 saturated heterocycles. The smallest absolute Gasteiger partial charge is 0.149 e. The van der Waals surface area contributed by atoms with Crippen LogP contribution in [0.2, 0.25) is 0 Å². The van der Waals surface area contributed by atoms with Gasteiger partial charge in [-0.1, -0.05) is 6.07 Å². The molecule has 0 amide bonds. The van der Waals surface area contributed by atoms with Crippen LogP contribution >= 0.6 is 11.8 Å². The van der Waals surface area contributed by atoms with Gasteiger partial charge in [-0.25, -0.2) is 14.4 Å². The number of fused-ring (bicyclic) bond motifs is 1. The quantitative estimate of drug-likeness (QED) is 0.763. The highest BCUT2D eigenvalue weighted by Crippen LogP contribution is 2.21. The molecule has 0 unspecified atom stereocenters. The molecule has 0 aliphatic heterocycles. The summed E-state index contributed by atoms with van der Waals surface area (Å²) >= 11 is 1.77. The van der Waals surface area contributed by atoms with Crippen LogP contribution in [0.3, 0.4) is 0 Å². The van der Waals surface area contributed by atoms with Gasteiger partial charge in [-0.15, -0.1) is 0 Å². The second-order valence-corrected chi connectivity index (χ2v) is 5.20. The number of benzene rings is 1. The van der Waals surface area contributed by atoms with E-state index in [2.05, 4.69) is 15.3 Å². The van der Waals surface area contributed by atoms with Crippen LogP contribution in [-0.2, 0) is 0 Å². The predicted molar refractivity (Wildman–Crippen MR) is 77.0 cm³/mol. The largest absolute Gasteiger partial charge is 0.396 e. The molecule has 0 bridgehead atoms. The van der Waals surface area contributed by atoms with Gasteiger partial charge >= 0.3 is 0 Å². The Hall–Kier alpha value is -1.40. The number of halogens is 1. The van der Waals surface area contributed by atoms with E-state index in [0.29, 0.717) is 16.7 Å². The number of nitrogens with zero attached hydrogens (tertiary/aromatic N) is 2. The van der Waals surface area contributed by atoms with Crippen molar-refractivity contribution in [1.82, 2.24) is 9.97 Å². The molecule has 0 saturated carbocycles. The number of aliphatic hydroxyl groups is 1. The standard InChI is InChI=1S/C13H16FN3OS/c14-11-4-1-3-10-12(11)16-9-17-13(10)15-5-8-19-7-2-6-18/h1,3-4,9,18H,2,5-8H2,(H,15,16,17). The number of hydrogen-bond acceptors (Lipinski definition) is 5. The summed E-state index contributed by atoms with van der Waals surface area (Å²) in [7, 11) is 0. The van der Waals surface area contributed by atoms with Crippen LogP contribution in [0, 0.1) is 5.82 Å². The summed E-state index contributed by atoms with van der Waals surface area (Å²) in [5.74, 6) is 2.19. The minimum atomic E-state index is -0.333. The van der Waals surface area contributed by atoms with Gasteiger partial charge in [0.2, 0.25) is 0 Å². The van der Waals surface area contributed by atoms with E-state index < -0.39 is 0 Å². The first kappa shape index (κ1) is 14.0. The maximum Gasteiger partial charge on any atom is 0.149 e. The first-order valence-corrected chi connectivity index (χ1v) is 7.30. The summed E-state index contributed by atoms with van der Waals surface area (Å²) in [6, 6.07) is 4.85. The molecular formula is C13H16FN3OS. The Balaban J connectivity index is 1.95. The van der Waals surface area contributed by atoms with Crippen molar-refractivity contribution in [1.29, 1.82) is 0 Å². The van der Waals surface area contributed by atoms with Crippen LogP contribution in [0.1, 0.15) is 6.42 Å². The number of aromatic nitrogens is 2. The van der Waals surface area contributed by atoms with Crippen LogP contribution in [0.5, 0.6) is 0 Å². The van der Waals surface area contributed by atoms with Crippen LogP contribution in [0.15, 0.2) is 24.5 Å². The van der Waals surface area contributed by atoms with Gasteiger partial charge < -0.3 is 10.4 Å². The van der Waals surface area contributed by atoms with Gasteiger partial charge in [0.05, 0.1) is 0 Å². The third kappa shape index (κ3) is 3.78. The molecule has 2 aromatic rings. The Morgan fingerprint density at radius 2 is 2.16 bits per heavy atom. The SMILES string of the molecule is OCCCSCCNc1ncnc2c(F)cccc12. The van der Waals surface area contributed by atoms with Crippen LogP contribution in [0.25, 0.3) is 10.9 Å². The van der Waals surface area contributed by atoms with E-state index in [1.54, 1.807) is 23.9 Å². The Morgan fingerprint density at radius 1 is 1.26 bits per heavy atom. The van der Waals surface area contributed by atoms with Gasteiger partial charge in [-0.2, -0.15) is 11.8 Å². The van der Waals surface area contributed by atoms with E-state index in [1.807, 2.05) is 0 Å². The average Bonchev–Trinajstić information content (AvgIpc) is 2.43. The lowest BCUT2D eigenvalue weighted by molar-refractivity contribution is 0.296. The molecule has 0 fully saturated rings. The van der Waals surface area contributed by atoms with Gasteiger partial charge in [0.15, 0.2) is 0 Å². The molecule has 0 radical (unpaired) electrons. The lowest BCUT2D eigenvalue weighted by Crippen LogP contribution is -2.07. The zero-order valence-electron chi connectivity index (χ0n) is 10.5. The second-order valence-electron chi connectivity index (χ2n) is 3.97. The Kier molecular flexibility index (Phi) is 5.35. The van der Waals surface area contributed by atoms with Crippen molar-refractivity contribution >= 4 is 28.5 Å². The third-order valence-electron chi connectivity index (χ3n) is 2.60. The fraction of sp³-hybridized carbons (Fsp3) is 0.385. The molecule has 1 aromatic heterocycles. The molecule has 2 rings (SSSR count). The summed E-state index contributed by atoms with van der Waals surface area (Å²) in [5.41, 5.74) is 0.341. The zero-order valence-corrected chi connectivity index (χ0v) is 11.3. The molecule has 0 spiro atoms. The number of thioether (sulfide) groups is 1. The number of para-hydroxylation sites is 1. The van der Waals surface area contributed by atoms with Crippen LogP contribution < -0.4 is 5.32 Å². The predicted octanol–water partition coefficient (Wildman–Crippen LogP) is 2.30. The van der Waals surface area contributed by atoms with Crippen LogP contribution in [-0.4, -0.2) is 39.7 Å². The Bertz CT molecular complexity index is 538. The summed E-state index contributed by atoms with van der Waals surface area (Å²) in [6.45, 7) is 0.981. The molecule has 0 aliphatic rings. The number of aliphatic hydroxyl groups excluding tert-OH is 1. The molecule has 6 heteroatoms. The van der Waals surface area contributed by atoms with Crippen molar-refractivity contribution in [3.8, 4) is 0 Å². The summed E-state index contributed by atoms with van der Waals surface area (Å²) < 4.78 is 13.5. The van der Waals surface area contributed by atoms with Crippen molar-refractivity contribution < 1.29 is 9.50 Å². The number of rotatable bonds is 7. The fourth-order valence-electron chi connectivity index (χ4n) is 1.70. The van der Waals surface area contributed by atoms with E-state index in [-0.39, 0.29) is 12.4 Å². The molecule has 1 aromatic carbocycles. The lowest BCUT2D eigenvalue weighted by Gasteiger charge is -2.08. The highest BCUT2D eigenvalue weighted by molar-refractivity contribution is 7.99. The maximum absolute atomic E-state index is 13.5. The highest BCUT2D eigenvalue weighted by Gasteiger charge is 2.06. The normalized spacial score (nSPS) is 10.8. The fourth-order valence-corrected chi connectivity index (χ4v) is 2.49. The van der Waals surface area contributed by atoms with Gasteiger partial charge in [0.25, 0.3) is 0 Å². The second kappa shape index (κ2) is 7.25. The Labute approximate surface area is 115 Å². The lowest BCUT2D eigenvalue weighted by atomic mass is 10.2. The minimum absolute atomic E-state index is 0.232. The monoisotopic (exact) mass is 281 g/mol. The molecule has 4 nitrogen and oxygen atoms in total. The van der Waals surface area contributed by atoms with Gasteiger partial charge in [0, 0.05) is 24.3 Å². The topological polar surface area (TPSA) is 58.0 Å². The third-order valence-corrected chi connectivity index (χ3v) is 3.67. The summed E-state index contributed by atoms with van der Waals surface area (Å²) in [4.78, 5) is 8.09. The number of hydrogen-bond donors (Lipinski definition) is 2. The highest BCUT2D eigenvalue weighted by atomic mass is 32.2. The van der Waals surface area contributed by atoms with Crippen molar-refractivity contribution in [3.05, 3.63) is 30.3 Å². The molecule has 1 heterocycles. The number of anilines is 1. The van der Waals surface area contributed by atoms with E-state index in [1.165, 1.54) is 12.4 Å². The van der Waals surface area contributed by atoms with E-state index >= 15 is 0 Å². The van der Waals surface area contributed by atoms with Crippen molar-refractivity contribution in [2.24, 2.45) is 0 Å². The molecule has 19 heavy (non-hydrogen) atoms. The molecule has 0 atom stereocenters. The van der Waals surface area contributed by atoms with Crippen LogP contribution in [0.4, 0.5) is 10.2 Å². The van der Waals surface area contributed by atoms with Gasteiger partial charge in [-0.3, -0.25) is 0 Å². The molecule has 2 N–H and O–H groups in total. The van der Waals surface area contributed by atoms with Gasteiger partial charge in [-0.05, 0) is 24.3 Å². The van der Waals surface area contributed by atoms with Crippen molar-refractivity contribution in [2.45, 2.75) is 6.42 Å². The Morgan fingerprint density at radius 3 is 3.00 bits per heavy atom. The zero-order chi connectivity index (χ0) is 13.5. The first-order valence-electron chi connectivity index (χ1n) is 6.14. The molecule has 0 aliphatic carbocycles. The molecule has 102 valence electrons. The van der Waals surface area contributed by atoms with Gasteiger partial charge in [0.1, 0.15) is 23.5 Å². The maximum atomic E-state index is 13.5. The average molecular weight is 281 g/mol. The molecular weight excluding hydrogens is 265 g/mol. The minimum Gasteiger partial charge on any atom is -0.396 e. The van der Waals surface area contributed by atoms with E-state index in [4.69, 9.17) is 5.11 Å². The van der Waals surface area contributed by atoms with Crippen molar-refractivity contribution in [2.75, 3.05) is 30.0 Å².